The average Bonchev–Trinajstić information content (AvgIpc) is 2.80. The molecule has 6 nitrogen and oxygen atoms in total. The van der Waals surface area contributed by atoms with E-state index in [-0.39, 0.29) is 6.42 Å². The van der Waals surface area contributed by atoms with Gasteiger partial charge in [0.05, 0.1) is 17.8 Å². The van der Waals surface area contributed by atoms with Crippen molar-refractivity contribution in [2.75, 3.05) is 13.2 Å². The first kappa shape index (κ1) is 24.0. The first-order valence-electron chi connectivity index (χ1n) is 11.0. The van der Waals surface area contributed by atoms with Gasteiger partial charge < -0.3 is 9.84 Å². The molecule has 0 bridgehead atoms. The number of hydrogen-bond acceptors (Lipinski definition) is 5. The summed E-state index contributed by atoms with van der Waals surface area (Å²) in [5.74, 6) is 0.142. The molecule has 0 spiro atoms. The van der Waals surface area contributed by atoms with Crippen molar-refractivity contribution in [1.82, 2.24) is 10.5 Å². The number of ether oxygens (including phenoxy) is 1. The molecule has 1 aromatic heterocycles. The summed E-state index contributed by atoms with van der Waals surface area (Å²) in [5, 5.41) is 9.03. The number of pyridine rings is 1. The molecule has 1 heterocycles. The molecule has 3 aromatic rings. The van der Waals surface area contributed by atoms with Crippen LogP contribution in [0.15, 0.2) is 72.9 Å². The van der Waals surface area contributed by atoms with E-state index >= 15 is 0 Å². The van der Waals surface area contributed by atoms with Gasteiger partial charge in [-0.3, -0.25) is 20.1 Å². The lowest BCUT2D eigenvalue weighted by Gasteiger charge is -2.15. The number of aromatic nitrogens is 1. The average molecular weight is 447 g/mol. The summed E-state index contributed by atoms with van der Waals surface area (Å²) < 4.78 is 5.81. The Balaban J connectivity index is 1.56. The highest BCUT2D eigenvalue weighted by Crippen LogP contribution is 2.23. The van der Waals surface area contributed by atoms with E-state index in [0.29, 0.717) is 24.9 Å². The maximum absolute atomic E-state index is 11.0. The topological polar surface area (TPSA) is 80.7 Å². The summed E-state index contributed by atoms with van der Waals surface area (Å²) in [4.78, 5) is 21.1. The van der Waals surface area contributed by atoms with Crippen molar-refractivity contribution in [2.24, 2.45) is 5.92 Å². The first-order valence-corrected chi connectivity index (χ1v) is 11.0. The summed E-state index contributed by atoms with van der Waals surface area (Å²) in [6, 6.07) is 19.5. The minimum atomic E-state index is -0.861. The number of carboxylic acids is 1. The molecule has 3 rings (SSSR count). The molecule has 0 atom stereocenters. The van der Waals surface area contributed by atoms with Crippen LogP contribution in [0.5, 0.6) is 5.75 Å². The Hall–Kier alpha value is -3.64. The Morgan fingerprint density at radius 1 is 1.06 bits per heavy atom. The highest BCUT2D eigenvalue weighted by molar-refractivity contribution is 5.71. The van der Waals surface area contributed by atoms with Crippen molar-refractivity contribution in [1.29, 1.82) is 0 Å². The Labute approximate surface area is 194 Å². The molecule has 2 N–H and O–H groups in total. The number of benzene rings is 2. The predicted molar refractivity (Wildman–Crippen MR) is 130 cm³/mol. The zero-order chi connectivity index (χ0) is 23.6. The Morgan fingerprint density at radius 2 is 1.85 bits per heavy atom. The van der Waals surface area contributed by atoms with Crippen LogP contribution in [-0.2, 0) is 16.1 Å². The van der Waals surface area contributed by atoms with Gasteiger partial charge in [0.15, 0.2) is 0 Å². The van der Waals surface area contributed by atoms with Gasteiger partial charge in [0, 0.05) is 11.8 Å². The highest BCUT2D eigenvalue weighted by Gasteiger charge is 2.09. The zero-order valence-corrected chi connectivity index (χ0v) is 19.2. The van der Waals surface area contributed by atoms with Gasteiger partial charge in [-0.1, -0.05) is 62.4 Å². The number of aliphatic carboxylic acids is 1. The van der Waals surface area contributed by atoms with Gasteiger partial charge >= 0.3 is 5.97 Å². The molecule has 0 aliphatic heterocycles. The molecule has 0 unspecified atom stereocenters. The monoisotopic (exact) mass is 446 g/mol. The van der Waals surface area contributed by atoms with Crippen molar-refractivity contribution < 1.29 is 19.5 Å². The van der Waals surface area contributed by atoms with E-state index in [2.05, 4.69) is 30.4 Å². The number of rotatable bonds is 11. The second-order valence-corrected chi connectivity index (χ2v) is 8.03. The number of hydrogen-bond donors (Lipinski definition) is 2. The molecule has 0 radical (unpaired) electrons. The molecular formula is C27H30N2O4. The number of nitrogens with one attached hydrogen (secondary N) is 1. The van der Waals surface area contributed by atoms with E-state index in [1.165, 1.54) is 0 Å². The van der Waals surface area contributed by atoms with Crippen LogP contribution in [0.4, 0.5) is 0 Å². The molecular weight excluding hydrogens is 416 g/mol. The molecule has 0 fully saturated rings. The molecule has 0 aliphatic rings. The van der Waals surface area contributed by atoms with Crippen LogP contribution < -0.4 is 10.2 Å². The SMILES string of the molecule is Cc1c(CC(=O)O)cccc1OCCONC(=CC(C)C)c1ccc(-c2ccccn2)cc1. The van der Waals surface area contributed by atoms with Gasteiger partial charge in [0.1, 0.15) is 19.0 Å². The van der Waals surface area contributed by atoms with Crippen LogP contribution in [0.3, 0.4) is 0 Å². The predicted octanol–water partition coefficient (Wildman–Crippen LogP) is 5.28. The Kier molecular flexibility index (Phi) is 8.61. The van der Waals surface area contributed by atoms with Crippen molar-refractivity contribution in [3.05, 3.63) is 89.6 Å². The van der Waals surface area contributed by atoms with Gasteiger partial charge in [-0.25, -0.2) is 0 Å². The van der Waals surface area contributed by atoms with Crippen LogP contribution in [-0.4, -0.2) is 29.3 Å². The van der Waals surface area contributed by atoms with Gasteiger partial charge in [0.25, 0.3) is 0 Å². The number of carboxylic acid groups (broad SMARTS) is 1. The molecule has 33 heavy (non-hydrogen) atoms. The minimum absolute atomic E-state index is 0.0242. The fraction of sp³-hybridized carbons (Fsp3) is 0.259. The van der Waals surface area contributed by atoms with Gasteiger partial charge in [-0.2, -0.15) is 0 Å². The normalized spacial score (nSPS) is 11.5. The molecule has 0 aliphatic carbocycles. The van der Waals surface area contributed by atoms with Crippen molar-refractivity contribution in [3.63, 3.8) is 0 Å². The fourth-order valence-electron chi connectivity index (χ4n) is 3.37. The Morgan fingerprint density at radius 3 is 2.52 bits per heavy atom. The quantitative estimate of drug-likeness (QED) is 0.308. The molecule has 172 valence electrons. The Bertz CT molecular complexity index is 1080. The summed E-state index contributed by atoms with van der Waals surface area (Å²) in [6.07, 6.45) is 3.87. The van der Waals surface area contributed by atoms with Crippen molar-refractivity contribution in [3.8, 4) is 17.0 Å². The largest absolute Gasteiger partial charge is 0.491 e. The third-order valence-corrected chi connectivity index (χ3v) is 5.02. The molecule has 6 heteroatoms. The minimum Gasteiger partial charge on any atom is -0.491 e. The van der Waals surface area contributed by atoms with Crippen LogP contribution >= 0.6 is 0 Å². The number of nitrogens with zero attached hydrogens (tertiary/aromatic N) is 1. The molecule has 2 aromatic carbocycles. The summed E-state index contributed by atoms with van der Waals surface area (Å²) in [7, 11) is 0. The third-order valence-electron chi connectivity index (χ3n) is 5.02. The van der Waals surface area contributed by atoms with E-state index < -0.39 is 5.97 Å². The second kappa shape index (κ2) is 11.8. The van der Waals surface area contributed by atoms with Crippen molar-refractivity contribution >= 4 is 11.7 Å². The number of hydroxylamine groups is 1. The van der Waals surface area contributed by atoms with E-state index in [0.717, 1.165) is 33.6 Å². The lowest BCUT2D eigenvalue weighted by Crippen LogP contribution is -2.18. The van der Waals surface area contributed by atoms with Gasteiger partial charge in [-0.05, 0) is 47.7 Å². The summed E-state index contributed by atoms with van der Waals surface area (Å²) >= 11 is 0. The number of allylic oxidation sites excluding steroid dienone is 1. The van der Waals surface area contributed by atoms with Crippen molar-refractivity contribution in [2.45, 2.75) is 27.2 Å². The van der Waals surface area contributed by atoms with Crippen LogP contribution in [0.2, 0.25) is 0 Å². The van der Waals surface area contributed by atoms with E-state index in [4.69, 9.17) is 14.7 Å². The van der Waals surface area contributed by atoms with E-state index in [1.807, 2.05) is 55.5 Å². The lowest BCUT2D eigenvalue weighted by atomic mass is 10.0. The van der Waals surface area contributed by atoms with Crippen LogP contribution in [0, 0.1) is 12.8 Å². The fourth-order valence-corrected chi connectivity index (χ4v) is 3.37. The second-order valence-electron chi connectivity index (χ2n) is 8.03. The zero-order valence-electron chi connectivity index (χ0n) is 19.2. The van der Waals surface area contributed by atoms with Crippen LogP contribution in [0.25, 0.3) is 17.0 Å². The third kappa shape index (κ3) is 7.19. The maximum atomic E-state index is 11.0. The molecule has 0 saturated carbocycles. The van der Waals surface area contributed by atoms with Gasteiger partial charge in [0.2, 0.25) is 0 Å². The standard InChI is InChI=1S/C27H30N2O4/c1-19(2)17-25(22-12-10-21(11-13-22)24-8-4-5-14-28-24)29-33-16-15-32-26-9-6-7-23(20(26)3)18-27(30)31/h4-14,17,19,29H,15-16,18H2,1-3H3,(H,30,31). The number of carbonyl (C=O) groups is 1. The molecule has 0 amide bonds. The van der Waals surface area contributed by atoms with Crippen LogP contribution in [0.1, 0.15) is 30.5 Å². The van der Waals surface area contributed by atoms with E-state index in [1.54, 1.807) is 18.3 Å². The highest BCUT2D eigenvalue weighted by atomic mass is 16.7. The maximum Gasteiger partial charge on any atom is 0.307 e. The lowest BCUT2D eigenvalue weighted by molar-refractivity contribution is -0.136. The smallest absolute Gasteiger partial charge is 0.307 e. The van der Waals surface area contributed by atoms with E-state index in [9.17, 15) is 4.79 Å². The van der Waals surface area contributed by atoms with Gasteiger partial charge in [-0.15, -0.1) is 0 Å². The summed E-state index contributed by atoms with van der Waals surface area (Å²) in [5.41, 5.74) is 8.52. The first-order chi connectivity index (χ1) is 15.9. The summed E-state index contributed by atoms with van der Waals surface area (Å²) in [6.45, 7) is 6.74. The molecule has 0 saturated heterocycles.